The number of ether oxygens (including phenoxy) is 1. The van der Waals surface area contributed by atoms with E-state index in [4.69, 9.17) is 4.74 Å². The summed E-state index contributed by atoms with van der Waals surface area (Å²) < 4.78 is 18.2. The molecule has 0 saturated carbocycles. The zero-order valence-corrected chi connectivity index (χ0v) is 14.0. The van der Waals surface area contributed by atoms with Crippen LogP contribution in [0.2, 0.25) is 0 Å². The highest BCUT2D eigenvalue weighted by atomic mass is 19.1. The fraction of sp³-hybridized carbons (Fsp3) is 0.529. The van der Waals surface area contributed by atoms with Gasteiger partial charge in [0.25, 0.3) is 0 Å². The number of carbonyl (C=O) groups is 2. The SMILES string of the molecule is O=C(Nc1ccc(F)cc1)NC1CCN(C(=O)C2COCCN2)CC1. The lowest BCUT2D eigenvalue weighted by molar-refractivity contribution is -0.137. The Morgan fingerprint density at radius 3 is 2.56 bits per heavy atom. The van der Waals surface area contributed by atoms with Gasteiger partial charge in [0.05, 0.1) is 13.2 Å². The Morgan fingerprint density at radius 2 is 1.92 bits per heavy atom. The molecule has 3 rings (SSSR count). The molecule has 2 heterocycles. The van der Waals surface area contributed by atoms with E-state index in [0.29, 0.717) is 51.4 Å². The normalized spacial score (nSPS) is 21.6. The van der Waals surface area contributed by atoms with Crippen LogP contribution in [-0.4, -0.2) is 61.8 Å². The largest absolute Gasteiger partial charge is 0.378 e. The minimum Gasteiger partial charge on any atom is -0.378 e. The van der Waals surface area contributed by atoms with Gasteiger partial charge < -0.3 is 25.6 Å². The van der Waals surface area contributed by atoms with E-state index in [9.17, 15) is 14.0 Å². The molecule has 2 fully saturated rings. The highest BCUT2D eigenvalue weighted by Gasteiger charge is 2.29. The lowest BCUT2D eigenvalue weighted by atomic mass is 10.0. The summed E-state index contributed by atoms with van der Waals surface area (Å²) in [7, 11) is 0. The predicted molar refractivity (Wildman–Crippen MR) is 90.8 cm³/mol. The molecule has 0 radical (unpaired) electrons. The van der Waals surface area contributed by atoms with Crippen LogP contribution in [0.15, 0.2) is 24.3 Å². The van der Waals surface area contributed by atoms with E-state index in [1.54, 1.807) is 0 Å². The van der Waals surface area contributed by atoms with Crippen molar-refractivity contribution < 1.29 is 18.7 Å². The monoisotopic (exact) mass is 350 g/mol. The maximum atomic E-state index is 12.9. The number of hydrogen-bond donors (Lipinski definition) is 3. The van der Waals surface area contributed by atoms with Crippen molar-refractivity contribution in [2.24, 2.45) is 0 Å². The number of anilines is 1. The minimum atomic E-state index is -0.346. The van der Waals surface area contributed by atoms with Gasteiger partial charge in [-0.15, -0.1) is 0 Å². The number of rotatable bonds is 3. The van der Waals surface area contributed by atoms with Gasteiger partial charge in [-0.05, 0) is 37.1 Å². The highest BCUT2D eigenvalue weighted by Crippen LogP contribution is 2.13. The number of benzene rings is 1. The predicted octanol–water partition coefficient (Wildman–Crippen LogP) is 0.927. The average Bonchev–Trinajstić information content (AvgIpc) is 2.64. The molecular formula is C17H23FN4O3. The zero-order chi connectivity index (χ0) is 17.6. The number of carbonyl (C=O) groups excluding carboxylic acids is 2. The summed E-state index contributed by atoms with van der Waals surface area (Å²) in [5.74, 6) is -0.283. The number of amides is 3. The zero-order valence-electron chi connectivity index (χ0n) is 14.0. The van der Waals surface area contributed by atoms with Crippen molar-refractivity contribution in [1.82, 2.24) is 15.5 Å². The molecule has 25 heavy (non-hydrogen) atoms. The van der Waals surface area contributed by atoms with Gasteiger partial charge in [-0.3, -0.25) is 4.79 Å². The summed E-state index contributed by atoms with van der Waals surface area (Å²) in [5.41, 5.74) is 0.537. The fourth-order valence-corrected chi connectivity index (χ4v) is 3.07. The second-order valence-electron chi connectivity index (χ2n) is 6.29. The van der Waals surface area contributed by atoms with Crippen molar-refractivity contribution >= 4 is 17.6 Å². The number of halogens is 1. The number of nitrogens with zero attached hydrogens (tertiary/aromatic N) is 1. The number of hydrogen-bond acceptors (Lipinski definition) is 4. The van der Waals surface area contributed by atoms with Crippen molar-refractivity contribution in [2.75, 3.05) is 38.2 Å². The Kier molecular flexibility index (Phi) is 5.83. The quantitative estimate of drug-likeness (QED) is 0.757. The molecule has 3 N–H and O–H groups in total. The minimum absolute atomic E-state index is 0.0139. The Hall–Kier alpha value is -2.19. The first-order chi connectivity index (χ1) is 12.1. The summed E-state index contributed by atoms with van der Waals surface area (Å²) in [5, 5.41) is 8.75. The van der Waals surface area contributed by atoms with Crippen molar-refractivity contribution in [3.8, 4) is 0 Å². The van der Waals surface area contributed by atoms with Gasteiger partial charge in [0.2, 0.25) is 5.91 Å². The summed E-state index contributed by atoms with van der Waals surface area (Å²) in [4.78, 5) is 26.2. The van der Waals surface area contributed by atoms with E-state index in [0.717, 1.165) is 0 Å². The molecule has 1 unspecified atom stereocenters. The third-order valence-electron chi connectivity index (χ3n) is 4.46. The number of piperidine rings is 1. The van der Waals surface area contributed by atoms with Gasteiger partial charge in [-0.25, -0.2) is 9.18 Å². The van der Waals surface area contributed by atoms with Gasteiger partial charge in [-0.1, -0.05) is 0 Å². The number of nitrogens with one attached hydrogen (secondary N) is 3. The number of urea groups is 1. The molecule has 2 saturated heterocycles. The first-order valence-corrected chi connectivity index (χ1v) is 8.55. The van der Waals surface area contributed by atoms with Crippen LogP contribution in [0.25, 0.3) is 0 Å². The van der Waals surface area contributed by atoms with Gasteiger partial charge in [-0.2, -0.15) is 0 Å². The molecule has 1 aromatic carbocycles. The van der Waals surface area contributed by atoms with Crippen LogP contribution in [0.4, 0.5) is 14.9 Å². The molecule has 0 aliphatic carbocycles. The summed E-state index contributed by atoms with van der Waals surface area (Å²) >= 11 is 0. The smallest absolute Gasteiger partial charge is 0.319 e. The third-order valence-corrected chi connectivity index (χ3v) is 4.46. The van der Waals surface area contributed by atoms with Crippen LogP contribution >= 0.6 is 0 Å². The van der Waals surface area contributed by atoms with E-state index >= 15 is 0 Å². The molecular weight excluding hydrogens is 327 g/mol. The maximum absolute atomic E-state index is 12.9. The van der Waals surface area contributed by atoms with E-state index in [1.807, 2.05) is 4.90 Å². The van der Waals surface area contributed by atoms with E-state index in [2.05, 4.69) is 16.0 Å². The Labute approximate surface area is 145 Å². The Morgan fingerprint density at radius 1 is 1.20 bits per heavy atom. The van der Waals surface area contributed by atoms with Gasteiger partial charge in [0.15, 0.2) is 0 Å². The summed E-state index contributed by atoms with van der Waals surface area (Å²) in [6.45, 7) is 2.96. The topological polar surface area (TPSA) is 82.7 Å². The summed E-state index contributed by atoms with van der Waals surface area (Å²) in [6.07, 6.45) is 1.41. The van der Waals surface area contributed by atoms with E-state index in [1.165, 1.54) is 24.3 Å². The Bertz CT molecular complexity index is 596. The molecule has 2 aliphatic rings. The molecule has 136 valence electrons. The first kappa shape index (κ1) is 17.6. The lowest BCUT2D eigenvalue weighted by Crippen LogP contribution is -2.55. The maximum Gasteiger partial charge on any atom is 0.319 e. The first-order valence-electron chi connectivity index (χ1n) is 8.55. The highest BCUT2D eigenvalue weighted by molar-refractivity contribution is 5.89. The molecule has 1 aromatic rings. The van der Waals surface area contributed by atoms with Crippen LogP contribution in [0.3, 0.4) is 0 Å². The summed E-state index contributed by atoms with van der Waals surface area (Å²) in [6, 6.07) is 5.04. The van der Waals surface area contributed by atoms with Gasteiger partial charge in [0.1, 0.15) is 11.9 Å². The third kappa shape index (κ3) is 4.90. The number of morpholine rings is 1. The van der Waals surface area contributed by atoms with E-state index in [-0.39, 0.29) is 29.8 Å². The second kappa shape index (κ2) is 8.26. The Balaban J connectivity index is 1.41. The lowest BCUT2D eigenvalue weighted by Gasteiger charge is -2.35. The van der Waals surface area contributed by atoms with Gasteiger partial charge in [0, 0.05) is 31.4 Å². The standard InChI is InChI=1S/C17H23FN4O3/c18-12-1-3-13(4-2-12)20-17(24)21-14-5-8-22(9-6-14)16(23)15-11-25-10-7-19-15/h1-4,14-15,19H,5-11H2,(H2,20,21,24). The van der Waals surface area contributed by atoms with Crippen molar-refractivity contribution in [3.05, 3.63) is 30.1 Å². The van der Waals surface area contributed by atoms with Gasteiger partial charge >= 0.3 is 6.03 Å². The van der Waals surface area contributed by atoms with E-state index < -0.39 is 0 Å². The number of likely N-dealkylation sites (tertiary alicyclic amines) is 1. The molecule has 3 amide bonds. The average molecular weight is 350 g/mol. The van der Waals surface area contributed by atoms with Crippen LogP contribution < -0.4 is 16.0 Å². The van der Waals surface area contributed by atoms with Crippen molar-refractivity contribution in [3.63, 3.8) is 0 Å². The fourth-order valence-electron chi connectivity index (χ4n) is 3.07. The molecule has 2 aliphatic heterocycles. The van der Waals surface area contributed by atoms with Crippen LogP contribution in [-0.2, 0) is 9.53 Å². The molecule has 7 nitrogen and oxygen atoms in total. The van der Waals surface area contributed by atoms with Crippen molar-refractivity contribution in [1.29, 1.82) is 0 Å². The molecule has 0 spiro atoms. The molecule has 8 heteroatoms. The van der Waals surface area contributed by atoms with Crippen LogP contribution in [0.1, 0.15) is 12.8 Å². The second-order valence-corrected chi connectivity index (χ2v) is 6.29. The molecule has 1 atom stereocenters. The molecule has 0 aromatic heterocycles. The van der Waals surface area contributed by atoms with Crippen LogP contribution in [0, 0.1) is 5.82 Å². The van der Waals surface area contributed by atoms with Crippen molar-refractivity contribution in [2.45, 2.75) is 24.9 Å². The van der Waals surface area contributed by atoms with Crippen LogP contribution in [0.5, 0.6) is 0 Å². The molecule has 0 bridgehead atoms.